The van der Waals surface area contributed by atoms with Gasteiger partial charge in [-0.3, -0.25) is 9.59 Å². The number of fused-ring (bicyclic) bond motifs is 1. The van der Waals surface area contributed by atoms with Gasteiger partial charge in [0.05, 0.1) is 5.92 Å². The standard InChI is InChI=1S/C16H20N2O3/c1-10-6-7-12(15(17)19)9-18(10)16(20)14-8-11-4-2-3-5-13(11)21-14/h2-5,10,12,14H,6-9H2,1H3,(H2,17,19). The largest absolute Gasteiger partial charge is 0.480 e. The molecular weight excluding hydrogens is 268 g/mol. The van der Waals surface area contributed by atoms with Crippen LogP contribution in [-0.2, 0) is 16.0 Å². The molecular formula is C16H20N2O3. The number of likely N-dealkylation sites (tertiary alicyclic amines) is 1. The lowest BCUT2D eigenvalue weighted by atomic mass is 9.92. The Bertz CT molecular complexity index is 547. The smallest absolute Gasteiger partial charge is 0.264 e. The van der Waals surface area contributed by atoms with E-state index in [2.05, 4.69) is 0 Å². The van der Waals surface area contributed by atoms with Crippen LogP contribution in [0.2, 0.25) is 0 Å². The molecule has 5 nitrogen and oxygen atoms in total. The Morgan fingerprint density at radius 2 is 2.05 bits per heavy atom. The molecule has 21 heavy (non-hydrogen) atoms. The summed E-state index contributed by atoms with van der Waals surface area (Å²) in [5.74, 6) is 0.181. The van der Waals surface area contributed by atoms with E-state index in [9.17, 15) is 9.59 Å². The maximum Gasteiger partial charge on any atom is 0.264 e. The van der Waals surface area contributed by atoms with Crippen molar-refractivity contribution in [2.75, 3.05) is 6.54 Å². The Morgan fingerprint density at radius 3 is 2.76 bits per heavy atom. The van der Waals surface area contributed by atoms with E-state index in [0.29, 0.717) is 13.0 Å². The van der Waals surface area contributed by atoms with E-state index in [1.165, 1.54) is 0 Å². The number of amides is 2. The third-order valence-corrected chi connectivity index (χ3v) is 4.49. The minimum atomic E-state index is -0.475. The molecule has 0 bridgehead atoms. The highest BCUT2D eigenvalue weighted by molar-refractivity contribution is 5.84. The van der Waals surface area contributed by atoms with Crippen LogP contribution in [0.4, 0.5) is 0 Å². The maximum atomic E-state index is 12.7. The Hall–Kier alpha value is -2.04. The number of rotatable bonds is 2. The molecule has 0 spiro atoms. The van der Waals surface area contributed by atoms with Gasteiger partial charge in [-0.25, -0.2) is 0 Å². The normalized spacial score (nSPS) is 27.9. The van der Waals surface area contributed by atoms with Gasteiger partial charge in [0, 0.05) is 19.0 Å². The van der Waals surface area contributed by atoms with Gasteiger partial charge in [-0.05, 0) is 31.4 Å². The number of carbonyl (C=O) groups excluding carboxylic acids is 2. The van der Waals surface area contributed by atoms with E-state index in [4.69, 9.17) is 10.5 Å². The lowest BCUT2D eigenvalue weighted by Crippen LogP contribution is -2.52. The molecule has 1 fully saturated rings. The maximum absolute atomic E-state index is 12.7. The molecule has 0 radical (unpaired) electrons. The number of carbonyl (C=O) groups is 2. The first-order valence-electron chi connectivity index (χ1n) is 7.40. The highest BCUT2D eigenvalue weighted by Crippen LogP contribution is 2.31. The number of nitrogens with two attached hydrogens (primary N) is 1. The molecule has 112 valence electrons. The number of ether oxygens (including phenoxy) is 1. The molecule has 1 saturated heterocycles. The van der Waals surface area contributed by atoms with Gasteiger partial charge < -0.3 is 15.4 Å². The third-order valence-electron chi connectivity index (χ3n) is 4.49. The second-order valence-corrected chi connectivity index (χ2v) is 5.93. The number of benzene rings is 1. The summed E-state index contributed by atoms with van der Waals surface area (Å²) in [6.07, 6.45) is 1.68. The summed E-state index contributed by atoms with van der Waals surface area (Å²) in [7, 11) is 0. The van der Waals surface area contributed by atoms with Crippen molar-refractivity contribution in [2.45, 2.75) is 38.3 Å². The quantitative estimate of drug-likeness (QED) is 0.885. The molecule has 0 aliphatic carbocycles. The van der Waals surface area contributed by atoms with Gasteiger partial charge in [0.2, 0.25) is 5.91 Å². The SMILES string of the molecule is CC1CCC(C(N)=O)CN1C(=O)C1Cc2ccccc2O1. The molecule has 5 heteroatoms. The van der Waals surface area contributed by atoms with Crippen molar-refractivity contribution >= 4 is 11.8 Å². The summed E-state index contributed by atoms with van der Waals surface area (Å²) in [5, 5.41) is 0. The van der Waals surface area contributed by atoms with E-state index in [1.54, 1.807) is 4.90 Å². The number of primary amides is 1. The van der Waals surface area contributed by atoms with Crippen LogP contribution in [0.25, 0.3) is 0 Å². The molecule has 2 heterocycles. The predicted octanol–water partition coefficient (Wildman–Crippen LogP) is 1.10. The van der Waals surface area contributed by atoms with Gasteiger partial charge >= 0.3 is 0 Å². The molecule has 3 unspecified atom stereocenters. The van der Waals surface area contributed by atoms with E-state index >= 15 is 0 Å². The number of nitrogens with zero attached hydrogens (tertiary/aromatic N) is 1. The van der Waals surface area contributed by atoms with Crippen LogP contribution >= 0.6 is 0 Å². The van der Waals surface area contributed by atoms with E-state index in [0.717, 1.165) is 24.2 Å². The van der Waals surface area contributed by atoms with Crippen LogP contribution < -0.4 is 10.5 Å². The zero-order valence-electron chi connectivity index (χ0n) is 12.1. The molecule has 0 aromatic heterocycles. The van der Waals surface area contributed by atoms with Crippen LogP contribution in [0.3, 0.4) is 0 Å². The minimum absolute atomic E-state index is 0.0374. The Balaban J connectivity index is 1.72. The van der Waals surface area contributed by atoms with Crippen LogP contribution in [0.5, 0.6) is 5.75 Å². The lowest BCUT2D eigenvalue weighted by molar-refractivity contribution is -0.143. The van der Waals surface area contributed by atoms with E-state index in [1.807, 2.05) is 31.2 Å². The zero-order chi connectivity index (χ0) is 15.0. The number of para-hydroxylation sites is 1. The zero-order valence-corrected chi connectivity index (χ0v) is 12.1. The van der Waals surface area contributed by atoms with Crippen LogP contribution in [0.1, 0.15) is 25.3 Å². The Labute approximate surface area is 124 Å². The second kappa shape index (κ2) is 5.39. The molecule has 2 amide bonds. The summed E-state index contributed by atoms with van der Waals surface area (Å²) in [5.41, 5.74) is 6.45. The highest BCUT2D eigenvalue weighted by Gasteiger charge is 2.38. The molecule has 2 aliphatic heterocycles. The number of hydrogen-bond donors (Lipinski definition) is 1. The molecule has 2 aliphatic rings. The lowest BCUT2D eigenvalue weighted by Gasteiger charge is -2.38. The van der Waals surface area contributed by atoms with Gasteiger partial charge in [-0.1, -0.05) is 18.2 Å². The van der Waals surface area contributed by atoms with Gasteiger partial charge in [0.1, 0.15) is 5.75 Å². The molecule has 3 rings (SSSR count). The van der Waals surface area contributed by atoms with Crippen LogP contribution in [-0.4, -0.2) is 35.4 Å². The fourth-order valence-electron chi connectivity index (χ4n) is 3.15. The first-order chi connectivity index (χ1) is 10.1. The third kappa shape index (κ3) is 2.60. The van der Waals surface area contributed by atoms with Crippen LogP contribution in [0, 0.1) is 5.92 Å². The molecule has 2 N–H and O–H groups in total. The van der Waals surface area contributed by atoms with Crippen molar-refractivity contribution in [3.8, 4) is 5.75 Å². The molecule has 1 aromatic rings. The second-order valence-electron chi connectivity index (χ2n) is 5.93. The monoisotopic (exact) mass is 288 g/mol. The summed E-state index contributed by atoms with van der Waals surface area (Å²) in [6.45, 7) is 2.42. The van der Waals surface area contributed by atoms with Crippen molar-refractivity contribution in [1.29, 1.82) is 0 Å². The van der Waals surface area contributed by atoms with Crippen molar-refractivity contribution in [3.63, 3.8) is 0 Å². The average Bonchev–Trinajstić information content (AvgIpc) is 2.90. The Morgan fingerprint density at radius 1 is 1.29 bits per heavy atom. The minimum Gasteiger partial charge on any atom is -0.480 e. The first kappa shape index (κ1) is 13.9. The summed E-state index contributed by atoms with van der Waals surface area (Å²) in [4.78, 5) is 25.8. The van der Waals surface area contributed by atoms with Crippen molar-refractivity contribution < 1.29 is 14.3 Å². The fourth-order valence-corrected chi connectivity index (χ4v) is 3.15. The molecule has 3 atom stereocenters. The summed E-state index contributed by atoms with van der Waals surface area (Å²) in [6, 6.07) is 7.84. The van der Waals surface area contributed by atoms with Crippen molar-refractivity contribution in [1.82, 2.24) is 4.90 Å². The topological polar surface area (TPSA) is 72.6 Å². The van der Waals surface area contributed by atoms with Gasteiger partial charge in [0.15, 0.2) is 6.10 Å². The first-order valence-corrected chi connectivity index (χ1v) is 7.40. The number of hydrogen-bond acceptors (Lipinski definition) is 3. The van der Waals surface area contributed by atoms with E-state index < -0.39 is 6.10 Å². The summed E-state index contributed by atoms with van der Waals surface area (Å²) >= 11 is 0. The molecule has 1 aromatic carbocycles. The fraction of sp³-hybridized carbons (Fsp3) is 0.500. The Kier molecular flexibility index (Phi) is 3.57. The van der Waals surface area contributed by atoms with Gasteiger partial charge in [-0.15, -0.1) is 0 Å². The summed E-state index contributed by atoms with van der Waals surface area (Å²) < 4.78 is 5.76. The average molecular weight is 288 g/mol. The highest BCUT2D eigenvalue weighted by atomic mass is 16.5. The predicted molar refractivity (Wildman–Crippen MR) is 77.7 cm³/mol. The van der Waals surface area contributed by atoms with Crippen LogP contribution in [0.15, 0.2) is 24.3 Å². The van der Waals surface area contributed by atoms with Crippen molar-refractivity contribution in [2.24, 2.45) is 11.7 Å². The molecule has 0 saturated carbocycles. The van der Waals surface area contributed by atoms with Crippen molar-refractivity contribution in [3.05, 3.63) is 29.8 Å². The van der Waals surface area contributed by atoms with Gasteiger partial charge in [-0.2, -0.15) is 0 Å². The van der Waals surface area contributed by atoms with E-state index in [-0.39, 0.29) is 23.8 Å². The number of piperidine rings is 1. The van der Waals surface area contributed by atoms with Gasteiger partial charge in [0.25, 0.3) is 5.91 Å².